The van der Waals surface area contributed by atoms with Crippen molar-refractivity contribution in [3.05, 3.63) is 70.7 Å². The molecular weight excluding hydrogens is 364 g/mol. The fraction of sp³-hybridized carbons (Fsp3) is 0.250. The lowest BCUT2D eigenvalue weighted by molar-refractivity contribution is 0.328. The molecule has 0 bridgehead atoms. The zero-order valence-electron chi connectivity index (χ0n) is 14.1. The molecule has 0 saturated carbocycles. The molecule has 2 atom stereocenters. The third kappa shape index (κ3) is 2.52. The van der Waals surface area contributed by atoms with Crippen LogP contribution in [0.2, 0.25) is 0 Å². The van der Waals surface area contributed by atoms with Crippen molar-refractivity contribution >= 4 is 21.2 Å². The van der Waals surface area contributed by atoms with E-state index in [4.69, 9.17) is 0 Å². The molecule has 26 heavy (non-hydrogen) atoms. The largest absolute Gasteiger partial charge is 0.296 e. The van der Waals surface area contributed by atoms with Crippen LogP contribution in [0.5, 0.6) is 0 Å². The number of nitrogens with zero attached hydrogens (tertiary/aromatic N) is 2. The third-order valence-electron chi connectivity index (χ3n) is 5.43. The molecule has 4 nitrogen and oxygen atoms in total. The molecule has 3 aromatic rings. The highest BCUT2D eigenvalue weighted by Crippen LogP contribution is 2.46. The summed E-state index contributed by atoms with van der Waals surface area (Å²) in [5.74, 6) is 0.0664. The summed E-state index contributed by atoms with van der Waals surface area (Å²) in [6.45, 7) is 2.25. The van der Waals surface area contributed by atoms with Crippen molar-refractivity contribution in [1.82, 2.24) is 9.88 Å². The standard InChI is InChI=1S/C20H18N2O2S2/c23-26(24)19-4-3-15(14-5-7-21-8-6-14)10-17(19)18-12-22(13-20(18)26)11-16-2-1-9-25-16/h1-10,18,20H,11-13H2/t18-,20+/m0/s1. The van der Waals surface area contributed by atoms with Crippen LogP contribution in [0.15, 0.2) is 65.1 Å². The molecular formula is C20H18N2O2S2. The van der Waals surface area contributed by atoms with Crippen LogP contribution in [0.3, 0.4) is 0 Å². The highest BCUT2D eigenvalue weighted by atomic mass is 32.2. The van der Waals surface area contributed by atoms with Gasteiger partial charge in [0.15, 0.2) is 9.84 Å². The number of aromatic nitrogens is 1. The van der Waals surface area contributed by atoms with Gasteiger partial charge in [-0.2, -0.15) is 0 Å². The van der Waals surface area contributed by atoms with E-state index in [1.54, 1.807) is 29.8 Å². The highest BCUT2D eigenvalue weighted by molar-refractivity contribution is 7.92. The van der Waals surface area contributed by atoms with Gasteiger partial charge >= 0.3 is 0 Å². The maximum absolute atomic E-state index is 13.0. The molecule has 0 spiro atoms. The molecule has 2 aliphatic rings. The lowest BCUT2D eigenvalue weighted by Gasteiger charge is -2.16. The monoisotopic (exact) mass is 382 g/mol. The zero-order chi connectivity index (χ0) is 17.7. The topological polar surface area (TPSA) is 50.3 Å². The quantitative estimate of drug-likeness (QED) is 0.695. The summed E-state index contributed by atoms with van der Waals surface area (Å²) in [6, 6.07) is 13.9. The molecule has 1 aromatic carbocycles. The van der Waals surface area contributed by atoms with Gasteiger partial charge in [0, 0.05) is 42.8 Å². The van der Waals surface area contributed by atoms with Crippen molar-refractivity contribution in [2.24, 2.45) is 0 Å². The fourth-order valence-electron chi connectivity index (χ4n) is 4.20. The van der Waals surface area contributed by atoms with Gasteiger partial charge in [-0.25, -0.2) is 8.42 Å². The Bertz CT molecular complexity index is 1050. The molecule has 1 saturated heterocycles. The summed E-state index contributed by atoms with van der Waals surface area (Å²) >= 11 is 1.73. The number of hydrogen-bond donors (Lipinski definition) is 0. The number of likely N-dealkylation sites (tertiary alicyclic amines) is 1. The molecule has 2 aliphatic heterocycles. The van der Waals surface area contributed by atoms with Gasteiger partial charge in [-0.1, -0.05) is 12.1 Å². The van der Waals surface area contributed by atoms with E-state index in [-0.39, 0.29) is 11.2 Å². The van der Waals surface area contributed by atoms with Gasteiger partial charge in [0.2, 0.25) is 0 Å². The summed E-state index contributed by atoms with van der Waals surface area (Å²) in [5.41, 5.74) is 3.11. The Kier molecular flexibility index (Phi) is 3.74. The minimum atomic E-state index is -3.24. The molecule has 6 heteroatoms. The zero-order valence-corrected chi connectivity index (χ0v) is 15.7. The van der Waals surface area contributed by atoms with Gasteiger partial charge in [-0.15, -0.1) is 11.3 Å². The molecule has 0 amide bonds. The highest BCUT2D eigenvalue weighted by Gasteiger charge is 2.50. The van der Waals surface area contributed by atoms with Crippen molar-refractivity contribution in [2.75, 3.05) is 13.1 Å². The predicted octanol–water partition coefficient (Wildman–Crippen LogP) is 3.57. The van der Waals surface area contributed by atoms with E-state index in [1.807, 2.05) is 24.3 Å². The van der Waals surface area contributed by atoms with Crippen LogP contribution in [-0.2, 0) is 16.4 Å². The molecule has 0 unspecified atom stereocenters. The Hall–Kier alpha value is -2.02. The Morgan fingerprint density at radius 2 is 1.92 bits per heavy atom. The summed E-state index contributed by atoms with van der Waals surface area (Å²) in [6.07, 6.45) is 3.53. The summed E-state index contributed by atoms with van der Waals surface area (Å²) in [7, 11) is -3.24. The Morgan fingerprint density at radius 3 is 2.69 bits per heavy atom. The lowest BCUT2D eigenvalue weighted by Crippen LogP contribution is -2.25. The maximum Gasteiger partial charge on any atom is 0.183 e. The minimum absolute atomic E-state index is 0.0664. The van der Waals surface area contributed by atoms with Crippen LogP contribution in [-0.4, -0.2) is 36.6 Å². The molecule has 0 aliphatic carbocycles. The number of hydrogen-bond acceptors (Lipinski definition) is 5. The number of benzene rings is 1. The predicted molar refractivity (Wildman–Crippen MR) is 103 cm³/mol. The van der Waals surface area contributed by atoms with Crippen LogP contribution in [0.4, 0.5) is 0 Å². The first kappa shape index (κ1) is 16.2. The van der Waals surface area contributed by atoms with E-state index in [9.17, 15) is 8.42 Å². The van der Waals surface area contributed by atoms with E-state index < -0.39 is 9.84 Å². The first-order valence-electron chi connectivity index (χ1n) is 8.66. The number of thiophene rings is 1. The van der Waals surface area contributed by atoms with Crippen LogP contribution in [0.1, 0.15) is 16.4 Å². The summed E-state index contributed by atoms with van der Waals surface area (Å²) < 4.78 is 26.1. The molecule has 1 fully saturated rings. The smallest absolute Gasteiger partial charge is 0.183 e. The molecule has 0 N–H and O–H groups in total. The second-order valence-electron chi connectivity index (χ2n) is 6.95. The Morgan fingerprint density at radius 1 is 1.08 bits per heavy atom. The van der Waals surface area contributed by atoms with Gasteiger partial charge in [-0.3, -0.25) is 9.88 Å². The number of sulfone groups is 1. The second kappa shape index (κ2) is 6.01. The summed E-state index contributed by atoms with van der Waals surface area (Å²) in [4.78, 5) is 8.16. The first-order valence-corrected chi connectivity index (χ1v) is 11.1. The summed E-state index contributed by atoms with van der Waals surface area (Å²) in [5, 5.41) is 1.75. The van der Waals surface area contributed by atoms with Crippen molar-refractivity contribution < 1.29 is 8.42 Å². The van der Waals surface area contributed by atoms with Crippen LogP contribution in [0.25, 0.3) is 11.1 Å². The van der Waals surface area contributed by atoms with E-state index in [1.165, 1.54) is 4.88 Å². The number of pyridine rings is 1. The normalized spacial score (nSPS) is 23.7. The van der Waals surface area contributed by atoms with Gasteiger partial charge in [0.1, 0.15) is 0 Å². The molecule has 2 aromatic heterocycles. The van der Waals surface area contributed by atoms with Crippen molar-refractivity contribution in [3.8, 4) is 11.1 Å². The van der Waals surface area contributed by atoms with Crippen molar-refractivity contribution in [2.45, 2.75) is 22.6 Å². The van der Waals surface area contributed by atoms with Crippen LogP contribution < -0.4 is 0 Å². The molecule has 132 valence electrons. The lowest BCUT2D eigenvalue weighted by atomic mass is 9.95. The number of fused-ring (bicyclic) bond motifs is 3. The number of rotatable bonds is 3. The van der Waals surface area contributed by atoms with E-state index in [2.05, 4.69) is 27.4 Å². The van der Waals surface area contributed by atoms with Gasteiger partial charge in [0.05, 0.1) is 10.1 Å². The first-order chi connectivity index (χ1) is 12.6. The van der Waals surface area contributed by atoms with E-state index in [0.29, 0.717) is 11.4 Å². The van der Waals surface area contributed by atoms with Gasteiger partial charge < -0.3 is 0 Å². The Labute approximate surface area is 157 Å². The SMILES string of the molecule is O=S1(=O)c2ccc(-c3ccncc3)cc2[C@@H]2CN(Cc3cccs3)C[C@H]21. The Balaban J connectivity index is 1.51. The third-order valence-corrected chi connectivity index (χ3v) is 8.55. The van der Waals surface area contributed by atoms with Gasteiger partial charge in [-0.05, 0) is 52.4 Å². The van der Waals surface area contributed by atoms with Crippen molar-refractivity contribution in [3.63, 3.8) is 0 Å². The van der Waals surface area contributed by atoms with Crippen LogP contribution >= 0.6 is 11.3 Å². The molecule has 4 heterocycles. The maximum atomic E-state index is 13.0. The molecule has 0 radical (unpaired) electrons. The fourth-order valence-corrected chi connectivity index (χ4v) is 7.14. The van der Waals surface area contributed by atoms with E-state index in [0.717, 1.165) is 29.8 Å². The van der Waals surface area contributed by atoms with Gasteiger partial charge in [0.25, 0.3) is 0 Å². The minimum Gasteiger partial charge on any atom is -0.296 e. The second-order valence-corrected chi connectivity index (χ2v) is 10.1. The average molecular weight is 383 g/mol. The van der Waals surface area contributed by atoms with Crippen molar-refractivity contribution in [1.29, 1.82) is 0 Å². The van der Waals surface area contributed by atoms with Crippen LogP contribution in [0, 0.1) is 0 Å². The molecule has 5 rings (SSSR count). The van der Waals surface area contributed by atoms with E-state index >= 15 is 0 Å². The average Bonchev–Trinajstić information content (AvgIpc) is 3.36.